The monoisotopic (exact) mass is 482 g/mol. The number of carbonyl (C=O) groups excluding carboxylic acids is 2. The predicted molar refractivity (Wildman–Crippen MR) is 144 cm³/mol. The fourth-order valence-corrected chi connectivity index (χ4v) is 5.53. The Morgan fingerprint density at radius 3 is 2.00 bits per heavy atom. The highest BCUT2D eigenvalue weighted by molar-refractivity contribution is 7.17. The van der Waals surface area contributed by atoms with Gasteiger partial charge in [-0.2, -0.15) is 5.26 Å². The first-order chi connectivity index (χ1) is 17.6. The SMILES string of the molecule is N#Cc1ccccc1N(c1ccccc1)c1ccc(C=C2C(=O)c3cc4ccccc4cc3C2=O)s1. The van der Waals surface area contributed by atoms with Crippen LogP contribution in [0.3, 0.4) is 0 Å². The van der Waals surface area contributed by atoms with Gasteiger partial charge in [0.05, 0.1) is 16.8 Å². The average molecular weight is 483 g/mol. The van der Waals surface area contributed by atoms with Gasteiger partial charge in [0, 0.05) is 21.7 Å². The molecule has 0 atom stereocenters. The third kappa shape index (κ3) is 3.61. The van der Waals surface area contributed by atoms with E-state index in [1.54, 1.807) is 12.1 Å². The van der Waals surface area contributed by atoms with Gasteiger partial charge in [0.1, 0.15) is 11.1 Å². The molecule has 0 amide bonds. The molecule has 1 aliphatic rings. The molecule has 36 heavy (non-hydrogen) atoms. The highest BCUT2D eigenvalue weighted by Gasteiger charge is 2.33. The van der Waals surface area contributed by atoms with Crippen molar-refractivity contribution in [2.75, 3.05) is 4.90 Å². The van der Waals surface area contributed by atoms with Gasteiger partial charge in [0.25, 0.3) is 0 Å². The summed E-state index contributed by atoms with van der Waals surface area (Å²) in [5.74, 6) is -0.490. The molecule has 4 aromatic carbocycles. The zero-order chi connectivity index (χ0) is 24.6. The number of benzene rings is 4. The average Bonchev–Trinajstić information content (AvgIpc) is 3.47. The molecule has 0 spiro atoms. The van der Waals surface area contributed by atoms with Gasteiger partial charge in [0.15, 0.2) is 11.6 Å². The summed E-state index contributed by atoms with van der Waals surface area (Å²) in [5.41, 5.74) is 3.31. The Bertz CT molecular complexity index is 1690. The lowest BCUT2D eigenvalue weighted by Crippen LogP contribution is -2.09. The lowest BCUT2D eigenvalue weighted by molar-refractivity contribution is 0.0990. The maximum Gasteiger partial charge on any atom is 0.197 e. The summed E-state index contributed by atoms with van der Waals surface area (Å²) in [6.45, 7) is 0. The Balaban J connectivity index is 1.42. The van der Waals surface area contributed by atoms with Crippen molar-refractivity contribution >= 4 is 56.1 Å². The number of rotatable bonds is 4. The molecule has 0 saturated heterocycles. The van der Waals surface area contributed by atoms with Gasteiger partial charge in [-0.25, -0.2) is 0 Å². The lowest BCUT2D eigenvalue weighted by Gasteiger charge is -2.24. The van der Waals surface area contributed by atoms with Crippen molar-refractivity contribution in [2.24, 2.45) is 0 Å². The Morgan fingerprint density at radius 1 is 0.722 bits per heavy atom. The minimum atomic E-state index is -0.245. The second kappa shape index (κ2) is 8.77. The van der Waals surface area contributed by atoms with Gasteiger partial charge in [0.2, 0.25) is 0 Å². The number of thiophene rings is 1. The van der Waals surface area contributed by atoms with Crippen LogP contribution in [0.2, 0.25) is 0 Å². The quantitative estimate of drug-likeness (QED) is 0.194. The third-order valence-electron chi connectivity index (χ3n) is 6.26. The number of hydrogen-bond acceptors (Lipinski definition) is 5. The van der Waals surface area contributed by atoms with Crippen LogP contribution in [0.5, 0.6) is 0 Å². The largest absolute Gasteiger partial charge is 0.301 e. The van der Waals surface area contributed by atoms with E-state index in [0.29, 0.717) is 16.7 Å². The Labute approximate surface area is 212 Å². The number of allylic oxidation sites excluding steroid dienone is 1. The molecule has 0 radical (unpaired) electrons. The maximum absolute atomic E-state index is 13.2. The number of hydrogen-bond donors (Lipinski definition) is 0. The molecule has 1 aromatic heterocycles. The van der Waals surface area contributed by atoms with E-state index in [0.717, 1.165) is 32.0 Å². The van der Waals surface area contributed by atoms with E-state index < -0.39 is 0 Å². The molecule has 0 aliphatic heterocycles. The van der Waals surface area contributed by atoms with Crippen molar-refractivity contribution < 1.29 is 9.59 Å². The summed E-state index contributed by atoms with van der Waals surface area (Å²) in [7, 11) is 0. The number of Topliss-reactive ketones (excluding diaryl/α,β-unsaturated/α-hetero) is 2. The van der Waals surface area contributed by atoms with E-state index in [4.69, 9.17) is 0 Å². The van der Waals surface area contributed by atoms with Crippen molar-refractivity contribution in [3.63, 3.8) is 0 Å². The van der Waals surface area contributed by atoms with Gasteiger partial charge in [-0.05, 0) is 65.4 Å². The number of nitrogens with zero attached hydrogens (tertiary/aromatic N) is 2. The van der Waals surface area contributed by atoms with Crippen LogP contribution >= 0.6 is 11.3 Å². The minimum absolute atomic E-state index is 0.178. The second-order valence-electron chi connectivity index (χ2n) is 8.44. The Hall–Kier alpha value is -4.79. The molecule has 0 unspecified atom stereocenters. The van der Waals surface area contributed by atoms with E-state index in [1.807, 2.05) is 102 Å². The van der Waals surface area contributed by atoms with Crippen LogP contribution < -0.4 is 4.90 Å². The molecule has 0 saturated carbocycles. The van der Waals surface area contributed by atoms with E-state index >= 15 is 0 Å². The molecule has 5 aromatic rings. The third-order valence-corrected chi connectivity index (χ3v) is 7.28. The molecule has 1 heterocycles. The zero-order valence-corrected chi connectivity index (χ0v) is 19.8. The van der Waals surface area contributed by atoms with Crippen LogP contribution in [0, 0.1) is 11.3 Å². The standard InChI is InChI=1S/C31H18N2O2S/c32-19-22-10-6-7-13-28(22)33(23-11-2-1-3-12-23)29-15-14-24(36-29)18-27-30(34)25-16-20-8-4-5-9-21(20)17-26(25)31(27)35/h1-18H. The van der Waals surface area contributed by atoms with Crippen LogP contribution in [-0.4, -0.2) is 11.6 Å². The molecular formula is C31H18N2O2S. The molecule has 4 nitrogen and oxygen atoms in total. The summed E-state index contributed by atoms with van der Waals surface area (Å²) < 4.78 is 0. The van der Waals surface area contributed by atoms with E-state index in [1.165, 1.54) is 11.3 Å². The highest BCUT2D eigenvalue weighted by Crippen LogP contribution is 2.41. The molecule has 1 aliphatic carbocycles. The van der Waals surface area contributed by atoms with Crippen molar-refractivity contribution in [3.05, 3.63) is 130 Å². The Kier molecular flexibility index (Phi) is 5.29. The predicted octanol–water partition coefficient (Wildman–Crippen LogP) is 7.71. The van der Waals surface area contributed by atoms with Crippen LogP contribution in [0.1, 0.15) is 31.2 Å². The number of carbonyl (C=O) groups is 2. The lowest BCUT2D eigenvalue weighted by atomic mass is 10.0. The van der Waals surface area contributed by atoms with Gasteiger partial charge < -0.3 is 4.90 Å². The topological polar surface area (TPSA) is 61.2 Å². The number of nitriles is 1. The van der Waals surface area contributed by atoms with Crippen molar-refractivity contribution in [1.29, 1.82) is 5.26 Å². The normalized spacial score (nSPS) is 12.5. The first-order valence-corrected chi connectivity index (χ1v) is 12.2. The van der Waals surface area contributed by atoms with Crippen molar-refractivity contribution in [2.45, 2.75) is 0 Å². The van der Waals surface area contributed by atoms with Gasteiger partial charge in [-0.1, -0.05) is 54.6 Å². The van der Waals surface area contributed by atoms with Crippen LogP contribution in [-0.2, 0) is 0 Å². The van der Waals surface area contributed by atoms with Crippen LogP contribution in [0.15, 0.2) is 109 Å². The minimum Gasteiger partial charge on any atom is -0.301 e. The summed E-state index contributed by atoms with van der Waals surface area (Å²) >= 11 is 1.46. The summed E-state index contributed by atoms with van der Waals surface area (Å²) in [5, 5.41) is 12.5. The van der Waals surface area contributed by atoms with Crippen molar-refractivity contribution in [3.8, 4) is 6.07 Å². The van der Waals surface area contributed by atoms with Crippen LogP contribution in [0.25, 0.3) is 16.8 Å². The van der Waals surface area contributed by atoms with E-state index in [2.05, 4.69) is 6.07 Å². The summed E-state index contributed by atoms with van der Waals surface area (Å²) in [6.07, 6.45) is 1.68. The number of ketones is 2. The molecule has 0 bridgehead atoms. The maximum atomic E-state index is 13.2. The fourth-order valence-electron chi connectivity index (χ4n) is 4.55. The van der Waals surface area contributed by atoms with E-state index in [9.17, 15) is 14.9 Å². The van der Waals surface area contributed by atoms with Crippen LogP contribution in [0.4, 0.5) is 16.4 Å². The first kappa shape index (κ1) is 21.7. The molecule has 5 heteroatoms. The first-order valence-electron chi connectivity index (χ1n) is 11.4. The van der Waals surface area contributed by atoms with E-state index in [-0.39, 0.29) is 17.1 Å². The van der Waals surface area contributed by atoms with Crippen molar-refractivity contribution in [1.82, 2.24) is 0 Å². The molecule has 170 valence electrons. The highest BCUT2D eigenvalue weighted by atomic mass is 32.1. The second-order valence-corrected chi connectivity index (χ2v) is 9.53. The molecular weight excluding hydrogens is 464 g/mol. The van der Waals surface area contributed by atoms with Gasteiger partial charge in [-0.3, -0.25) is 9.59 Å². The van der Waals surface area contributed by atoms with Gasteiger partial charge in [-0.15, -0.1) is 11.3 Å². The number of anilines is 3. The molecule has 6 rings (SSSR count). The molecule has 0 N–H and O–H groups in total. The summed E-state index contributed by atoms with van der Waals surface area (Å²) in [6, 6.07) is 34.7. The van der Waals surface area contributed by atoms with Gasteiger partial charge >= 0.3 is 0 Å². The number of fused-ring (bicyclic) bond motifs is 2. The smallest absolute Gasteiger partial charge is 0.197 e. The summed E-state index contributed by atoms with van der Waals surface area (Å²) in [4.78, 5) is 29.2. The molecule has 0 fully saturated rings. The Morgan fingerprint density at radius 2 is 1.33 bits per heavy atom. The zero-order valence-electron chi connectivity index (χ0n) is 19.0. The fraction of sp³-hybridized carbons (Fsp3) is 0. The number of para-hydroxylation sites is 2.